The van der Waals surface area contributed by atoms with E-state index in [1.807, 2.05) is 20.8 Å². The number of likely N-dealkylation sites (N-methyl/N-ethyl adjacent to an activating group) is 1. The molecule has 0 aromatic rings. The molecule has 33 heavy (non-hydrogen) atoms. The third kappa shape index (κ3) is 7.06. The Hall–Kier alpha value is -2.36. The highest BCUT2D eigenvalue weighted by atomic mass is 16.6. The van der Waals surface area contributed by atoms with E-state index in [4.69, 9.17) is 4.74 Å². The number of rotatable bonds is 7. The van der Waals surface area contributed by atoms with E-state index >= 15 is 0 Å². The van der Waals surface area contributed by atoms with Crippen molar-refractivity contribution in [3.8, 4) is 0 Å². The van der Waals surface area contributed by atoms with E-state index < -0.39 is 42.3 Å². The maximum Gasteiger partial charge on any atom is 0.408 e. The molecule has 2 saturated heterocycles. The first-order valence-corrected chi connectivity index (χ1v) is 11.7. The number of ether oxygens (including phenoxy) is 1. The van der Waals surface area contributed by atoms with Crippen LogP contribution >= 0.6 is 0 Å². The van der Waals surface area contributed by atoms with Crippen LogP contribution in [-0.2, 0) is 19.1 Å². The Morgan fingerprint density at radius 2 is 1.58 bits per heavy atom. The van der Waals surface area contributed by atoms with Gasteiger partial charge >= 0.3 is 6.09 Å². The van der Waals surface area contributed by atoms with Crippen LogP contribution in [0.3, 0.4) is 0 Å². The highest BCUT2D eigenvalue weighted by molar-refractivity contribution is 5.94. The second-order valence-corrected chi connectivity index (χ2v) is 10.8. The van der Waals surface area contributed by atoms with Gasteiger partial charge in [-0.25, -0.2) is 4.79 Å². The first-order chi connectivity index (χ1) is 15.3. The van der Waals surface area contributed by atoms with Gasteiger partial charge in [0, 0.05) is 20.1 Å². The normalized spacial score (nSPS) is 22.2. The molecule has 3 N–H and O–H groups in total. The number of nitrogens with zero attached hydrogens (tertiary/aromatic N) is 2. The van der Waals surface area contributed by atoms with Gasteiger partial charge in [-0.15, -0.1) is 0 Å². The molecule has 3 unspecified atom stereocenters. The van der Waals surface area contributed by atoms with Crippen molar-refractivity contribution in [3.63, 3.8) is 0 Å². The minimum Gasteiger partial charge on any atom is -0.444 e. The third-order valence-corrected chi connectivity index (χ3v) is 6.00. The average Bonchev–Trinajstić information content (AvgIpc) is 3.37. The molecule has 188 valence electrons. The van der Waals surface area contributed by atoms with Gasteiger partial charge in [-0.2, -0.15) is 0 Å². The number of aliphatic hydroxyl groups is 1. The third-order valence-electron chi connectivity index (χ3n) is 6.00. The van der Waals surface area contributed by atoms with E-state index in [2.05, 4.69) is 10.6 Å². The predicted octanol–water partition coefficient (Wildman–Crippen LogP) is 1.02. The maximum absolute atomic E-state index is 13.2. The lowest BCUT2D eigenvalue weighted by Gasteiger charge is -2.34. The monoisotopic (exact) mass is 468 g/mol. The molecule has 0 bridgehead atoms. The van der Waals surface area contributed by atoms with Crippen molar-refractivity contribution < 1.29 is 29.0 Å². The first kappa shape index (κ1) is 26.9. The zero-order valence-corrected chi connectivity index (χ0v) is 20.8. The smallest absolute Gasteiger partial charge is 0.408 e. The molecule has 0 aromatic heterocycles. The summed E-state index contributed by atoms with van der Waals surface area (Å²) in [6.45, 7) is 9.89. The molecule has 10 heteroatoms. The summed E-state index contributed by atoms with van der Waals surface area (Å²) < 4.78 is 5.52. The van der Waals surface area contributed by atoms with Crippen molar-refractivity contribution in [2.75, 3.05) is 26.7 Å². The molecular formula is C23H40N4O6. The molecule has 3 atom stereocenters. The van der Waals surface area contributed by atoms with Gasteiger partial charge in [0.15, 0.2) is 0 Å². The van der Waals surface area contributed by atoms with Gasteiger partial charge in [-0.05, 0) is 51.4 Å². The predicted molar refractivity (Wildman–Crippen MR) is 122 cm³/mol. The Bertz CT molecular complexity index is 748. The Kier molecular flexibility index (Phi) is 8.73. The van der Waals surface area contributed by atoms with Crippen LogP contribution in [0.2, 0.25) is 0 Å². The molecule has 2 aliphatic heterocycles. The van der Waals surface area contributed by atoms with Crippen molar-refractivity contribution >= 4 is 23.8 Å². The Morgan fingerprint density at radius 3 is 2.12 bits per heavy atom. The Balaban J connectivity index is 2.05. The van der Waals surface area contributed by atoms with E-state index in [0.29, 0.717) is 38.8 Å². The summed E-state index contributed by atoms with van der Waals surface area (Å²) in [5.41, 5.74) is -0.830. The Morgan fingerprint density at radius 1 is 1.00 bits per heavy atom. The molecule has 0 radical (unpaired) electrons. The van der Waals surface area contributed by atoms with E-state index in [9.17, 15) is 24.3 Å². The van der Waals surface area contributed by atoms with Crippen molar-refractivity contribution in [1.82, 2.24) is 20.4 Å². The van der Waals surface area contributed by atoms with Gasteiger partial charge in [-0.3, -0.25) is 14.4 Å². The SMILES string of the molecule is CNC(=O)C1CCCN1C(=O)C1CCCN1C(=O)C(CO)NC(=O)OC(C)(C)CC(C)(C)C. The molecule has 4 amide bonds. The van der Waals surface area contributed by atoms with Gasteiger partial charge < -0.3 is 30.3 Å². The topological polar surface area (TPSA) is 128 Å². The highest BCUT2D eigenvalue weighted by Crippen LogP contribution is 2.30. The maximum atomic E-state index is 13.2. The number of alkyl carbamates (subject to hydrolysis) is 1. The van der Waals surface area contributed by atoms with Crippen molar-refractivity contribution in [2.24, 2.45) is 5.41 Å². The second-order valence-electron chi connectivity index (χ2n) is 10.8. The summed E-state index contributed by atoms with van der Waals surface area (Å²) in [7, 11) is 1.54. The first-order valence-electron chi connectivity index (χ1n) is 11.7. The number of aliphatic hydroxyl groups excluding tert-OH is 1. The number of hydrogen-bond acceptors (Lipinski definition) is 6. The highest BCUT2D eigenvalue weighted by Gasteiger charge is 2.43. The largest absolute Gasteiger partial charge is 0.444 e. The van der Waals surface area contributed by atoms with Crippen LogP contribution in [0.4, 0.5) is 4.79 Å². The molecule has 2 aliphatic rings. The van der Waals surface area contributed by atoms with E-state index in [0.717, 1.165) is 6.42 Å². The number of hydrogen-bond donors (Lipinski definition) is 3. The number of nitrogens with one attached hydrogen (secondary N) is 2. The van der Waals surface area contributed by atoms with E-state index in [1.54, 1.807) is 18.7 Å². The zero-order valence-electron chi connectivity index (χ0n) is 20.8. The molecule has 0 spiro atoms. The lowest BCUT2D eigenvalue weighted by molar-refractivity contribution is -0.147. The average molecular weight is 469 g/mol. The van der Waals surface area contributed by atoms with Crippen LogP contribution in [0.1, 0.15) is 66.7 Å². The summed E-state index contributed by atoms with van der Waals surface area (Å²) >= 11 is 0. The van der Waals surface area contributed by atoms with Crippen LogP contribution in [0, 0.1) is 5.41 Å². The fraction of sp³-hybridized carbons (Fsp3) is 0.826. The minimum absolute atomic E-state index is 0.0682. The quantitative estimate of drug-likeness (QED) is 0.512. The van der Waals surface area contributed by atoms with E-state index in [-0.39, 0.29) is 17.2 Å². The van der Waals surface area contributed by atoms with Crippen LogP contribution in [0.5, 0.6) is 0 Å². The standard InChI is InChI=1S/C23H40N4O6/c1-22(2,3)14-23(4,5)33-21(32)25-15(13-28)19(30)27-12-8-10-17(27)20(31)26-11-7-9-16(26)18(29)24-6/h15-17,28H,7-14H2,1-6H3,(H,24,29)(H,25,32). The van der Waals surface area contributed by atoms with Crippen molar-refractivity contribution in [1.29, 1.82) is 0 Å². The summed E-state index contributed by atoms with van der Waals surface area (Å²) in [6, 6.07) is -2.47. The van der Waals surface area contributed by atoms with Gasteiger partial charge in [-0.1, -0.05) is 20.8 Å². The van der Waals surface area contributed by atoms with Crippen LogP contribution in [0.25, 0.3) is 0 Å². The second kappa shape index (κ2) is 10.7. The number of likely N-dealkylation sites (tertiary alicyclic amines) is 2. The summed E-state index contributed by atoms with van der Waals surface area (Å²) in [5, 5.41) is 14.9. The molecular weight excluding hydrogens is 428 g/mol. The van der Waals surface area contributed by atoms with Crippen molar-refractivity contribution in [3.05, 3.63) is 0 Å². The molecule has 2 fully saturated rings. The number of amides is 4. The lowest BCUT2D eigenvalue weighted by Crippen LogP contribution is -2.57. The minimum atomic E-state index is -1.22. The zero-order chi connectivity index (χ0) is 25.0. The van der Waals surface area contributed by atoms with Crippen LogP contribution in [0.15, 0.2) is 0 Å². The lowest BCUT2D eigenvalue weighted by atomic mass is 9.84. The van der Waals surface area contributed by atoms with Gasteiger partial charge in [0.05, 0.1) is 6.61 Å². The molecule has 0 aliphatic carbocycles. The molecule has 2 rings (SSSR count). The van der Waals surface area contributed by atoms with E-state index in [1.165, 1.54) is 11.9 Å². The van der Waals surface area contributed by atoms with Gasteiger partial charge in [0.1, 0.15) is 23.7 Å². The van der Waals surface area contributed by atoms with Crippen molar-refractivity contribution in [2.45, 2.75) is 90.4 Å². The van der Waals surface area contributed by atoms with Gasteiger partial charge in [0.25, 0.3) is 0 Å². The molecule has 2 heterocycles. The fourth-order valence-electron chi connectivity index (χ4n) is 5.07. The molecule has 0 aromatic carbocycles. The number of carbonyl (C=O) groups is 4. The molecule has 10 nitrogen and oxygen atoms in total. The summed E-state index contributed by atoms with van der Waals surface area (Å²) in [5.74, 6) is -1.01. The van der Waals surface area contributed by atoms with Gasteiger partial charge in [0.2, 0.25) is 17.7 Å². The van der Waals surface area contributed by atoms with Crippen LogP contribution in [-0.4, -0.2) is 89.2 Å². The molecule has 0 saturated carbocycles. The Labute approximate surface area is 196 Å². The number of carbonyl (C=O) groups excluding carboxylic acids is 4. The summed E-state index contributed by atoms with van der Waals surface area (Å²) in [6.07, 6.45) is 2.23. The fourth-order valence-corrected chi connectivity index (χ4v) is 5.07. The summed E-state index contributed by atoms with van der Waals surface area (Å²) in [4.78, 5) is 54.0. The van der Waals surface area contributed by atoms with Crippen LogP contribution < -0.4 is 10.6 Å².